The van der Waals surface area contributed by atoms with Crippen molar-refractivity contribution in [2.24, 2.45) is 4.99 Å². The van der Waals surface area contributed by atoms with Crippen LogP contribution in [0.25, 0.3) is 0 Å². The molecule has 0 radical (unpaired) electrons. The normalized spacial score (nSPS) is 20.6. The molecular weight excluding hydrogens is 463 g/mol. The lowest BCUT2D eigenvalue weighted by atomic mass is 10.1. The minimum absolute atomic E-state index is 0.110. The zero-order valence-corrected chi connectivity index (χ0v) is 20.2. The van der Waals surface area contributed by atoms with Crippen molar-refractivity contribution in [3.63, 3.8) is 0 Å². The fourth-order valence-corrected chi connectivity index (χ4v) is 5.05. The van der Waals surface area contributed by atoms with Gasteiger partial charge in [0.1, 0.15) is 17.2 Å². The molecule has 9 nitrogen and oxygen atoms in total. The number of amidine groups is 1. The minimum atomic E-state index is -0.786. The summed E-state index contributed by atoms with van der Waals surface area (Å²) in [5.74, 6) is 0.0146. The van der Waals surface area contributed by atoms with E-state index >= 15 is 0 Å². The van der Waals surface area contributed by atoms with Crippen LogP contribution in [-0.2, 0) is 22.6 Å². The summed E-state index contributed by atoms with van der Waals surface area (Å²) < 4.78 is 23.8. The first-order valence-corrected chi connectivity index (χ1v) is 11.7. The third-order valence-electron chi connectivity index (χ3n) is 6.95. The van der Waals surface area contributed by atoms with E-state index in [0.29, 0.717) is 18.3 Å². The van der Waals surface area contributed by atoms with Crippen LogP contribution in [0, 0.1) is 19.7 Å². The van der Waals surface area contributed by atoms with Crippen LogP contribution >= 0.6 is 11.6 Å². The smallest absolute Gasteiger partial charge is 0.379 e. The molecule has 1 aromatic carbocycles. The molecule has 1 aromatic heterocycles. The van der Waals surface area contributed by atoms with Crippen molar-refractivity contribution >= 4 is 35.3 Å². The van der Waals surface area contributed by atoms with E-state index in [4.69, 9.17) is 21.3 Å². The number of halogens is 2. The Balaban J connectivity index is 1.47. The van der Waals surface area contributed by atoms with Gasteiger partial charge in [-0.05, 0) is 26.0 Å². The molecule has 1 unspecified atom stereocenters. The van der Waals surface area contributed by atoms with Crippen molar-refractivity contribution in [1.82, 2.24) is 19.3 Å². The Kier molecular flexibility index (Phi) is 5.91. The monoisotopic (exact) mass is 489 g/mol. The van der Waals surface area contributed by atoms with Gasteiger partial charge in [0.15, 0.2) is 0 Å². The van der Waals surface area contributed by atoms with Gasteiger partial charge in [-0.25, -0.2) is 18.3 Å². The summed E-state index contributed by atoms with van der Waals surface area (Å²) in [5.41, 5.74) is 2.03. The van der Waals surface area contributed by atoms with Gasteiger partial charge in [0.25, 0.3) is 5.91 Å². The molecule has 0 N–H and O–H groups in total. The van der Waals surface area contributed by atoms with Gasteiger partial charge in [-0.3, -0.25) is 19.5 Å². The molecule has 4 heterocycles. The first kappa shape index (κ1) is 22.9. The number of hydrogen-bond acceptors (Lipinski definition) is 5. The Hall–Kier alpha value is -2.82. The number of hydrogen-bond donors (Lipinski definition) is 0. The number of carbonyl (C=O) groups is 2. The van der Waals surface area contributed by atoms with E-state index in [1.54, 1.807) is 13.1 Å². The maximum atomic E-state index is 14.4. The molecule has 2 saturated heterocycles. The summed E-state index contributed by atoms with van der Waals surface area (Å²) in [6.45, 7) is 8.47. The second-order valence-corrected chi connectivity index (χ2v) is 9.19. The zero-order chi connectivity index (χ0) is 24.1. The fourth-order valence-electron chi connectivity index (χ4n) is 4.82. The predicted molar refractivity (Wildman–Crippen MR) is 123 cm³/mol. The van der Waals surface area contributed by atoms with Gasteiger partial charge in [0.05, 0.1) is 26.3 Å². The van der Waals surface area contributed by atoms with Crippen molar-refractivity contribution < 1.29 is 23.3 Å². The van der Waals surface area contributed by atoms with E-state index in [2.05, 4.69) is 9.47 Å². The highest BCUT2D eigenvalue weighted by molar-refractivity contribution is 6.31. The van der Waals surface area contributed by atoms with Crippen LogP contribution in [0.3, 0.4) is 0 Å². The Morgan fingerprint density at radius 1 is 1.24 bits per heavy atom. The average molecular weight is 490 g/mol. The van der Waals surface area contributed by atoms with Gasteiger partial charge in [0.2, 0.25) is 11.9 Å². The lowest BCUT2D eigenvalue weighted by Gasteiger charge is -2.33. The Morgan fingerprint density at radius 3 is 2.68 bits per heavy atom. The number of imide groups is 1. The quantitative estimate of drug-likeness (QED) is 0.603. The third-order valence-corrected chi connectivity index (χ3v) is 7.30. The number of likely N-dealkylation sites (N-methyl/N-ethyl adjacent to an activating group) is 1. The molecule has 3 aliphatic heterocycles. The number of carbonyl (C=O) groups excluding carboxylic acids is 2. The Bertz CT molecular complexity index is 1190. The number of aromatic nitrogens is 2. The first-order valence-electron chi connectivity index (χ1n) is 11.3. The number of nitrogens with zero attached hydrogens (tertiary/aromatic N) is 6. The van der Waals surface area contributed by atoms with Gasteiger partial charge in [-0.2, -0.15) is 0 Å². The van der Waals surface area contributed by atoms with Crippen molar-refractivity contribution in [2.45, 2.75) is 33.0 Å². The summed E-state index contributed by atoms with van der Waals surface area (Å²) in [6, 6.07) is 2.95. The lowest BCUT2D eigenvalue weighted by molar-refractivity contribution is -0.688. The number of fused-ring (bicyclic) bond motifs is 3. The molecule has 3 aliphatic rings. The van der Waals surface area contributed by atoms with E-state index in [-0.39, 0.29) is 17.1 Å². The molecule has 180 valence electrons. The molecule has 34 heavy (non-hydrogen) atoms. The molecule has 5 rings (SSSR count). The largest absolute Gasteiger partial charge is 0.402 e. The van der Waals surface area contributed by atoms with Crippen molar-refractivity contribution in [2.75, 3.05) is 39.9 Å². The standard InChI is InChI=1S/C23H27ClFN6O3/c1-14-15(2)31-19-20(26-22(31)29(14)8-7-28-9-11-34-12-10-28)27(3)23(33)30(21(19)32)13-16-17(24)5-4-6-18(16)25/h4-6,19H,7-13H2,1-3H3/q+1. The lowest BCUT2D eigenvalue weighted by Crippen LogP contribution is -2.57. The summed E-state index contributed by atoms with van der Waals surface area (Å²) in [4.78, 5) is 36.2. The zero-order valence-electron chi connectivity index (χ0n) is 19.4. The highest BCUT2D eigenvalue weighted by Gasteiger charge is 2.54. The average Bonchev–Trinajstić information content (AvgIpc) is 3.32. The molecule has 0 saturated carbocycles. The number of benzene rings is 1. The molecule has 2 aromatic rings. The molecule has 11 heteroatoms. The summed E-state index contributed by atoms with van der Waals surface area (Å²) in [7, 11) is 1.59. The summed E-state index contributed by atoms with van der Waals surface area (Å²) in [6.07, 6.45) is 0. The molecule has 0 bridgehead atoms. The fraction of sp³-hybridized carbons (Fsp3) is 0.478. The van der Waals surface area contributed by atoms with Crippen LogP contribution in [0.4, 0.5) is 15.1 Å². The van der Waals surface area contributed by atoms with E-state index in [9.17, 15) is 14.0 Å². The van der Waals surface area contributed by atoms with Gasteiger partial charge >= 0.3 is 12.0 Å². The van der Waals surface area contributed by atoms with Crippen LogP contribution in [-0.4, -0.2) is 76.9 Å². The van der Waals surface area contributed by atoms with Gasteiger partial charge in [0, 0.05) is 37.3 Å². The van der Waals surface area contributed by atoms with Gasteiger partial charge in [-0.1, -0.05) is 22.7 Å². The van der Waals surface area contributed by atoms with Crippen LogP contribution < -0.4 is 4.57 Å². The van der Waals surface area contributed by atoms with E-state index < -0.39 is 23.8 Å². The van der Waals surface area contributed by atoms with Crippen LogP contribution in [0.1, 0.15) is 23.0 Å². The maximum absolute atomic E-state index is 14.4. The van der Waals surface area contributed by atoms with Crippen LogP contribution in [0.2, 0.25) is 5.02 Å². The molecule has 2 fully saturated rings. The SMILES string of the molecule is Cc1c(C)[n+](CCN2CCOCC2)c2n1C1C(=O)N(Cc3c(F)cccc3Cl)C(=O)N(C)C1=N2. The van der Waals surface area contributed by atoms with Crippen molar-refractivity contribution in [1.29, 1.82) is 0 Å². The number of amides is 3. The first-order chi connectivity index (χ1) is 16.3. The highest BCUT2D eigenvalue weighted by Crippen LogP contribution is 2.36. The molecule has 0 aliphatic carbocycles. The van der Waals surface area contributed by atoms with Gasteiger partial charge in [-0.15, -0.1) is 0 Å². The summed E-state index contributed by atoms with van der Waals surface area (Å²) >= 11 is 6.17. The number of urea groups is 1. The van der Waals surface area contributed by atoms with Crippen molar-refractivity contribution in [3.05, 3.63) is 46.0 Å². The maximum Gasteiger partial charge on any atom is 0.402 e. The number of aliphatic imine (C=N–C) groups is 1. The third kappa shape index (κ3) is 3.60. The van der Waals surface area contributed by atoms with E-state index in [0.717, 1.165) is 49.1 Å². The summed E-state index contributed by atoms with van der Waals surface area (Å²) in [5, 5.41) is 0.170. The molecule has 0 spiro atoms. The van der Waals surface area contributed by atoms with Crippen molar-refractivity contribution in [3.8, 4) is 0 Å². The second kappa shape index (κ2) is 8.75. The number of rotatable bonds is 5. The van der Waals surface area contributed by atoms with Gasteiger partial charge < -0.3 is 4.74 Å². The second-order valence-electron chi connectivity index (χ2n) is 8.79. The topological polar surface area (TPSA) is 74.3 Å². The number of imidazole rings is 1. The van der Waals surface area contributed by atoms with E-state index in [1.807, 2.05) is 18.4 Å². The number of ether oxygens (including phenoxy) is 1. The molecular formula is C23H27ClFN6O3+. The van der Waals surface area contributed by atoms with Crippen LogP contribution in [0.15, 0.2) is 23.2 Å². The molecule has 1 atom stereocenters. The minimum Gasteiger partial charge on any atom is -0.379 e. The predicted octanol–water partition coefficient (Wildman–Crippen LogP) is 2.20. The highest BCUT2D eigenvalue weighted by atomic mass is 35.5. The molecule has 3 amide bonds. The van der Waals surface area contributed by atoms with Crippen LogP contribution in [0.5, 0.6) is 0 Å². The number of morpholine rings is 1. The Labute approximate surface area is 202 Å². The van der Waals surface area contributed by atoms with E-state index in [1.165, 1.54) is 17.0 Å². The Morgan fingerprint density at radius 2 is 1.97 bits per heavy atom.